The van der Waals surface area contributed by atoms with Gasteiger partial charge in [-0.15, -0.1) is 0 Å². The van der Waals surface area contributed by atoms with Crippen molar-refractivity contribution < 1.29 is 0 Å². The van der Waals surface area contributed by atoms with Crippen LogP contribution in [-0.4, -0.2) is 77.2 Å². The Morgan fingerprint density at radius 2 is 1.63 bits per heavy atom. The third-order valence-electron chi connectivity index (χ3n) is 5.25. The molecule has 2 saturated heterocycles. The number of hydrogen-bond donors (Lipinski definition) is 1. The molecule has 2 aromatic heterocycles. The Morgan fingerprint density at radius 3 is 2.41 bits per heavy atom. The zero-order valence-electron chi connectivity index (χ0n) is 15.8. The number of anilines is 3. The van der Waals surface area contributed by atoms with Crippen LogP contribution in [0.2, 0.25) is 0 Å². The largest absolute Gasteiger partial charge is 0.370 e. The minimum Gasteiger partial charge on any atom is -0.370 e. The fourth-order valence-corrected chi connectivity index (χ4v) is 3.71. The van der Waals surface area contributed by atoms with Crippen LogP contribution in [0.15, 0.2) is 30.9 Å². The number of nitrogens with zero attached hydrogens (tertiary/aromatic N) is 7. The molecule has 0 amide bonds. The highest BCUT2D eigenvalue weighted by atomic mass is 15.3. The van der Waals surface area contributed by atoms with Crippen LogP contribution in [0.3, 0.4) is 0 Å². The molecule has 144 valence electrons. The molecular formula is C19H28N8. The molecule has 2 aliphatic heterocycles. The van der Waals surface area contributed by atoms with E-state index < -0.39 is 0 Å². The molecule has 0 bridgehead atoms. The van der Waals surface area contributed by atoms with Gasteiger partial charge in [0.25, 0.3) is 0 Å². The summed E-state index contributed by atoms with van der Waals surface area (Å²) in [5.74, 6) is 2.82. The lowest BCUT2D eigenvalue weighted by molar-refractivity contribution is 0.256. The molecular weight excluding hydrogens is 340 g/mol. The van der Waals surface area contributed by atoms with Gasteiger partial charge in [-0.2, -0.15) is 0 Å². The van der Waals surface area contributed by atoms with E-state index in [4.69, 9.17) is 0 Å². The van der Waals surface area contributed by atoms with Crippen molar-refractivity contribution in [3.63, 3.8) is 0 Å². The smallest absolute Gasteiger partial charge is 0.225 e. The monoisotopic (exact) mass is 368 g/mol. The van der Waals surface area contributed by atoms with Crippen LogP contribution in [0.5, 0.6) is 0 Å². The molecule has 0 unspecified atom stereocenters. The van der Waals surface area contributed by atoms with Crippen LogP contribution in [0.25, 0.3) is 0 Å². The molecule has 0 spiro atoms. The van der Waals surface area contributed by atoms with Crippen LogP contribution in [0.4, 0.5) is 17.6 Å². The molecule has 0 saturated carbocycles. The maximum absolute atomic E-state index is 4.41. The highest BCUT2D eigenvalue weighted by molar-refractivity contribution is 5.48. The van der Waals surface area contributed by atoms with Crippen LogP contribution in [0.1, 0.15) is 19.3 Å². The van der Waals surface area contributed by atoms with Gasteiger partial charge in [-0.05, 0) is 31.9 Å². The van der Waals surface area contributed by atoms with Crippen molar-refractivity contribution in [2.24, 2.45) is 0 Å². The number of hydrogen-bond acceptors (Lipinski definition) is 8. The molecule has 4 heterocycles. The lowest BCUT2D eigenvalue weighted by Gasteiger charge is -2.34. The summed E-state index contributed by atoms with van der Waals surface area (Å²) in [4.78, 5) is 24.6. The molecule has 0 aliphatic carbocycles. The van der Waals surface area contributed by atoms with E-state index in [0.717, 1.165) is 76.4 Å². The van der Waals surface area contributed by atoms with Crippen LogP contribution in [0, 0.1) is 0 Å². The van der Waals surface area contributed by atoms with E-state index >= 15 is 0 Å². The first-order valence-electron chi connectivity index (χ1n) is 9.94. The Labute approximate surface area is 160 Å². The van der Waals surface area contributed by atoms with Gasteiger partial charge < -0.3 is 15.1 Å². The van der Waals surface area contributed by atoms with E-state index in [2.05, 4.69) is 46.0 Å². The topological polar surface area (TPSA) is 73.3 Å². The SMILES string of the molecule is c1cnc(N2CCN(CCCNc3cc(N4CCCC4)ncn3)CC2)nc1. The Morgan fingerprint density at radius 1 is 0.852 bits per heavy atom. The third kappa shape index (κ3) is 4.82. The zero-order valence-corrected chi connectivity index (χ0v) is 15.8. The molecule has 27 heavy (non-hydrogen) atoms. The van der Waals surface area contributed by atoms with Gasteiger partial charge in [0, 0.05) is 64.3 Å². The van der Waals surface area contributed by atoms with Crippen molar-refractivity contribution in [2.45, 2.75) is 19.3 Å². The molecule has 8 nitrogen and oxygen atoms in total. The van der Waals surface area contributed by atoms with Gasteiger partial charge in [0.2, 0.25) is 5.95 Å². The Kier molecular flexibility index (Phi) is 5.93. The Balaban J connectivity index is 1.16. The van der Waals surface area contributed by atoms with Crippen LogP contribution in [-0.2, 0) is 0 Å². The Bertz CT molecular complexity index is 696. The average molecular weight is 368 g/mol. The minimum atomic E-state index is 0.844. The maximum Gasteiger partial charge on any atom is 0.225 e. The summed E-state index contributed by atoms with van der Waals surface area (Å²) in [7, 11) is 0. The van der Waals surface area contributed by atoms with Gasteiger partial charge in [-0.1, -0.05) is 0 Å². The lowest BCUT2D eigenvalue weighted by Crippen LogP contribution is -2.47. The molecule has 1 N–H and O–H groups in total. The summed E-state index contributed by atoms with van der Waals surface area (Å²) < 4.78 is 0. The summed E-state index contributed by atoms with van der Waals surface area (Å²) >= 11 is 0. The van der Waals surface area contributed by atoms with Crippen molar-refractivity contribution in [3.05, 3.63) is 30.9 Å². The second-order valence-electron chi connectivity index (χ2n) is 7.11. The van der Waals surface area contributed by atoms with Crippen molar-refractivity contribution in [3.8, 4) is 0 Å². The second kappa shape index (κ2) is 8.94. The summed E-state index contributed by atoms with van der Waals surface area (Å²) in [5.41, 5.74) is 0. The van der Waals surface area contributed by atoms with Crippen molar-refractivity contribution in [1.29, 1.82) is 0 Å². The standard InChI is InChI=1S/C19H28N8/c1-2-10-26(9-1)18-15-17(23-16-24-18)20-7-4-8-25-11-13-27(14-12-25)19-21-5-3-6-22-19/h3,5-6,15-16H,1-2,4,7-14H2,(H,20,23,24). The summed E-state index contributed by atoms with van der Waals surface area (Å²) in [6.45, 7) is 8.34. The van der Waals surface area contributed by atoms with Crippen LogP contribution >= 0.6 is 0 Å². The van der Waals surface area contributed by atoms with E-state index in [1.54, 1.807) is 6.33 Å². The van der Waals surface area contributed by atoms with Crippen molar-refractivity contribution >= 4 is 17.6 Å². The fourth-order valence-electron chi connectivity index (χ4n) is 3.71. The quantitative estimate of drug-likeness (QED) is 0.737. The highest BCUT2D eigenvalue weighted by Gasteiger charge is 2.18. The molecule has 0 radical (unpaired) electrons. The molecule has 0 atom stereocenters. The van der Waals surface area contributed by atoms with Gasteiger partial charge in [0.15, 0.2) is 0 Å². The van der Waals surface area contributed by atoms with E-state index in [9.17, 15) is 0 Å². The summed E-state index contributed by atoms with van der Waals surface area (Å²) in [5, 5.41) is 3.45. The molecule has 2 fully saturated rings. The number of piperazine rings is 1. The number of nitrogens with one attached hydrogen (secondary N) is 1. The van der Waals surface area contributed by atoms with Gasteiger partial charge in [-0.3, -0.25) is 4.90 Å². The normalized spacial score (nSPS) is 18.1. The van der Waals surface area contributed by atoms with E-state index in [0.29, 0.717) is 0 Å². The van der Waals surface area contributed by atoms with Crippen molar-refractivity contribution in [2.75, 3.05) is 67.5 Å². The van der Waals surface area contributed by atoms with Gasteiger partial charge >= 0.3 is 0 Å². The van der Waals surface area contributed by atoms with E-state index in [1.807, 2.05) is 18.5 Å². The highest BCUT2D eigenvalue weighted by Crippen LogP contribution is 2.19. The summed E-state index contributed by atoms with van der Waals surface area (Å²) in [6.07, 6.45) is 8.91. The Hall–Kier alpha value is -2.48. The third-order valence-corrected chi connectivity index (χ3v) is 5.25. The zero-order chi connectivity index (χ0) is 18.3. The molecule has 4 rings (SSSR count). The van der Waals surface area contributed by atoms with E-state index in [1.165, 1.54) is 12.8 Å². The average Bonchev–Trinajstić information content (AvgIpc) is 3.28. The molecule has 2 aliphatic rings. The van der Waals surface area contributed by atoms with Gasteiger partial charge in [0.1, 0.15) is 18.0 Å². The van der Waals surface area contributed by atoms with Crippen LogP contribution < -0.4 is 15.1 Å². The summed E-state index contributed by atoms with van der Waals surface area (Å²) in [6, 6.07) is 3.93. The maximum atomic E-state index is 4.41. The first-order chi connectivity index (χ1) is 13.4. The minimum absolute atomic E-state index is 0.844. The predicted molar refractivity (Wildman–Crippen MR) is 107 cm³/mol. The number of aromatic nitrogens is 4. The van der Waals surface area contributed by atoms with Gasteiger partial charge in [0.05, 0.1) is 0 Å². The van der Waals surface area contributed by atoms with E-state index in [-0.39, 0.29) is 0 Å². The predicted octanol–water partition coefficient (Wildman–Crippen LogP) is 1.49. The van der Waals surface area contributed by atoms with Crippen molar-refractivity contribution in [1.82, 2.24) is 24.8 Å². The molecule has 8 heteroatoms. The second-order valence-corrected chi connectivity index (χ2v) is 7.11. The lowest BCUT2D eigenvalue weighted by atomic mass is 10.3. The van der Waals surface area contributed by atoms with Gasteiger partial charge in [-0.25, -0.2) is 19.9 Å². The molecule has 0 aromatic carbocycles. The molecule has 2 aromatic rings. The fraction of sp³-hybridized carbons (Fsp3) is 0.579. The first kappa shape index (κ1) is 17.9. The first-order valence-corrected chi connectivity index (χ1v) is 9.94. The number of rotatable bonds is 7.